The molecule has 0 unspecified atom stereocenters. The van der Waals surface area contributed by atoms with Crippen molar-refractivity contribution in [2.75, 3.05) is 20.3 Å². The van der Waals surface area contributed by atoms with Crippen molar-refractivity contribution < 1.29 is 19.5 Å². The highest BCUT2D eigenvalue weighted by atomic mass is 16.5. The normalized spacial score (nSPS) is 10.1. The molecule has 82 valence electrons. The molecule has 1 aromatic rings. The second-order valence-corrected chi connectivity index (χ2v) is 3.02. The number of aromatic nitrogens is 1. The molecule has 2 N–H and O–H groups in total. The van der Waals surface area contributed by atoms with E-state index in [1.165, 1.54) is 12.4 Å². The Hall–Kier alpha value is -1.11. The average molecular weight is 211 g/mol. The Morgan fingerprint density at radius 1 is 1.33 bits per heavy atom. The number of hydrogen-bond acceptors (Lipinski definition) is 5. The van der Waals surface area contributed by atoms with Crippen molar-refractivity contribution >= 4 is 12.6 Å². The summed E-state index contributed by atoms with van der Waals surface area (Å²) in [6.45, 7) is 1.15. The van der Waals surface area contributed by atoms with Gasteiger partial charge in [0.25, 0.3) is 0 Å². The van der Waals surface area contributed by atoms with Gasteiger partial charge in [-0.3, -0.25) is 4.98 Å². The third-order valence-corrected chi connectivity index (χ3v) is 1.79. The summed E-state index contributed by atoms with van der Waals surface area (Å²) >= 11 is 0. The van der Waals surface area contributed by atoms with Gasteiger partial charge in [-0.15, -0.1) is 0 Å². The topological polar surface area (TPSA) is 71.8 Å². The number of hydrogen-bond donors (Lipinski definition) is 2. The van der Waals surface area contributed by atoms with Gasteiger partial charge in [-0.2, -0.15) is 0 Å². The minimum absolute atomic E-state index is 0.319. The van der Waals surface area contributed by atoms with Crippen LogP contribution in [0.3, 0.4) is 0 Å². The van der Waals surface area contributed by atoms with E-state index in [0.717, 1.165) is 6.42 Å². The smallest absolute Gasteiger partial charge is 0.490 e. The molecule has 5 nitrogen and oxygen atoms in total. The Kier molecular flexibility index (Phi) is 5.10. The van der Waals surface area contributed by atoms with Gasteiger partial charge in [-0.1, -0.05) is 0 Å². The van der Waals surface area contributed by atoms with Gasteiger partial charge in [0.1, 0.15) is 5.75 Å². The maximum Gasteiger partial charge on any atom is 0.490 e. The summed E-state index contributed by atoms with van der Waals surface area (Å²) in [7, 11) is 0.115. The van der Waals surface area contributed by atoms with E-state index in [-0.39, 0.29) is 0 Å². The lowest BCUT2D eigenvalue weighted by Crippen LogP contribution is -2.30. The van der Waals surface area contributed by atoms with Gasteiger partial charge < -0.3 is 19.5 Å². The van der Waals surface area contributed by atoms with E-state index < -0.39 is 7.12 Å². The van der Waals surface area contributed by atoms with E-state index in [1.54, 1.807) is 13.2 Å². The third-order valence-electron chi connectivity index (χ3n) is 1.79. The van der Waals surface area contributed by atoms with Crippen LogP contribution >= 0.6 is 0 Å². The van der Waals surface area contributed by atoms with Crippen LogP contribution in [0, 0.1) is 0 Å². The van der Waals surface area contributed by atoms with E-state index in [0.29, 0.717) is 24.4 Å². The van der Waals surface area contributed by atoms with Gasteiger partial charge in [0.2, 0.25) is 0 Å². The highest BCUT2D eigenvalue weighted by molar-refractivity contribution is 6.58. The molecule has 1 aromatic heterocycles. The van der Waals surface area contributed by atoms with Crippen LogP contribution in [0.25, 0.3) is 0 Å². The Morgan fingerprint density at radius 2 is 2.13 bits per heavy atom. The molecule has 0 bridgehead atoms. The van der Waals surface area contributed by atoms with Crippen molar-refractivity contribution in [3.05, 3.63) is 18.5 Å². The molecule has 0 saturated heterocycles. The van der Waals surface area contributed by atoms with Gasteiger partial charge in [-0.05, 0) is 6.07 Å². The molecular weight excluding hydrogens is 197 g/mol. The molecular formula is C9H14BNO4. The fourth-order valence-corrected chi connectivity index (χ4v) is 1.05. The lowest BCUT2D eigenvalue weighted by Gasteiger charge is -2.06. The van der Waals surface area contributed by atoms with Gasteiger partial charge in [0.05, 0.1) is 12.8 Å². The minimum Gasteiger partial charge on any atom is -0.492 e. The Bertz CT molecular complexity index is 295. The quantitative estimate of drug-likeness (QED) is 0.475. The zero-order valence-electron chi connectivity index (χ0n) is 8.59. The molecule has 0 spiro atoms. The van der Waals surface area contributed by atoms with E-state index in [9.17, 15) is 0 Å². The van der Waals surface area contributed by atoms with E-state index >= 15 is 0 Å². The first kappa shape index (κ1) is 12.0. The molecule has 6 heteroatoms. The number of pyridine rings is 1. The van der Waals surface area contributed by atoms with Crippen LogP contribution in [0.4, 0.5) is 0 Å². The summed E-state index contributed by atoms with van der Waals surface area (Å²) in [5.41, 5.74) is 0.319. The van der Waals surface area contributed by atoms with E-state index in [4.69, 9.17) is 19.5 Å². The van der Waals surface area contributed by atoms with Gasteiger partial charge in [0, 0.05) is 31.8 Å². The van der Waals surface area contributed by atoms with E-state index in [1.807, 2.05) is 0 Å². The van der Waals surface area contributed by atoms with Crippen LogP contribution in [0.5, 0.6) is 5.75 Å². The minimum atomic E-state index is -1.51. The molecule has 0 aliphatic heterocycles. The van der Waals surface area contributed by atoms with Crippen LogP contribution in [0.15, 0.2) is 18.5 Å². The molecule has 1 heterocycles. The molecule has 1 rings (SSSR count). The predicted molar refractivity (Wildman–Crippen MR) is 56.1 cm³/mol. The summed E-state index contributed by atoms with van der Waals surface area (Å²) in [6.07, 6.45) is 3.69. The van der Waals surface area contributed by atoms with Crippen molar-refractivity contribution in [2.45, 2.75) is 6.42 Å². The van der Waals surface area contributed by atoms with Crippen LogP contribution in [0.1, 0.15) is 6.42 Å². The first-order chi connectivity index (χ1) is 7.24. The lowest BCUT2D eigenvalue weighted by atomic mass is 9.82. The molecule has 0 aromatic carbocycles. The SMILES string of the molecule is COCCCOc1cncc(B(O)O)c1. The van der Waals surface area contributed by atoms with Gasteiger partial charge >= 0.3 is 7.12 Å². The Labute approximate surface area is 88.8 Å². The number of methoxy groups -OCH3 is 1. The fraction of sp³-hybridized carbons (Fsp3) is 0.444. The molecule has 0 radical (unpaired) electrons. The molecule has 15 heavy (non-hydrogen) atoms. The zero-order valence-corrected chi connectivity index (χ0v) is 8.59. The number of rotatable bonds is 6. The van der Waals surface area contributed by atoms with Crippen molar-refractivity contribution in [1.29, 1.82) is 0 Å². The summed E-state index contributed by atoms with van der Waals surface area (Å²) in [5, 5.41) is 17.8. The predicted octanol–water partition coefficient (Wildman–Crippen LogP) is -0.823. The van der Waals surface area contributed by atoms with Crippen molar-refractivity contribution in [2.24, 2.45) is 0 Å². The lowest BCUT2D eigenvalue weighted by molar-refractivity contribution is 0.172. The van der Waals surface area contributed by atoms with Crippen molar-refractivity contribution in [1.82, 2.24) is 4.98 Å². The molecule has 0 saturated carbocycles. The monoisotopic (exact) mass is 211 g/mol. The first-order valence-electron chi connectivity index (χ1n) is 4.67. The fourth-order valence-electron chi connectivity index (χ4n) is 1.05. The summed E-state index contributed by atoms with van der Waals surface area (Å²) < 4.78 is 10.2. The maximum absolute atomic E-state index is 8.90. The van der Waals surface area contributed by atoms with Crippen LogP contribution in [0.2, 0.25) is 0 Å². The maximum atomic E-state index is 8.90. The molecule has 0 aliphatic rings. The zero-order chi connectivity index (χ0) is 11.1. The highest BCUT2D eigenvalue weighted by Crippen LogP contribution is 2.05. The summed E-state index contributed by atoms with van der Waals surface area (Å²) in [6, 6.07) is 1.55. The van der Waals surface area contributed by atoms with Crippen LogP contribution in [-0.4, -0.2) is 42.5 Å². The summed E-state index contributed by atoms with van der Waals surface area (Å²) in [5.74, 6) is 0.525. The van der Waals surface area contributed by atoms with Crippen molar-refractivity contribution in [3.63, 3.8) is 0 Å². The number of ether oxygens (including phenoxy) is 2. The van der Waals surface area contributed by atoms with Gasteiger partial charge in [0.15, 0.2) is 0 Å². The Balaban J connectivity index is 2.43. The summed E-state index contributed by atoms with van der Waals surface area (Å²) in [4.78, 5) is 3.83. The average Bonchev–Trinajstić information content (AvgIpc) is 2.25. The van der Waals surface area contributed by atoms with E-state index in [2.05, 4.69) is 4.98 Å². The van der Waals surface area contributed by atoms with Crippen molar-refractivity contribution in [3.8, 4) is 5.75 Å². The second-order valence-electron chi connectivity index (χ2n) is 3.02. The second kappa shape index (κ2) is 6.39. The molecule has 0 aliphatic carbocycles. The Morgan fingerprint density at radius 3 is 2.80 bits per heavy atom. The largest absolute Gasteiger partial charge is 0.492 e. The highest BCUT2D eigenvalue weighted by Gasteiger charge is 2.11. The molecule has 0 amide bonds. The third kappa shape index (κ3) is 4.29. The molecule has 0 fully saturated rings. The van der Waals surface area contributed by atoms with Crippen LogP contribution < -0.4 is 10.2 Å². The first-order valence-corrected chi connectivity index (χ1v) is 4.67. The van der Waals surface area contributed by atoms with Crippen LogP contribution in [-0.2, 0) is 4.74 Å². The standard InChI is InChI=1S/C9H14BNO4/c1-14-3-2-4-15-9-5-8(10(12)13)6-11-7-9/h5-7,12-13H,2-4H2,1H3. The molecule has 0 atom stereocenters. The van der Waals surface area contributed by atoms with Gasteiger partial charge in [-0.25, -0.2) is 0 Å². The number of nitrogens with zero attached hydrogens (tertiary/aromatic N) is 1.